The van der Waals surface area contributed by atoms with Crippen molar-refractivity contribution >= 4 is 11.5 Å². The Hall–Kier alpha value is -2.23. The van der Waals surface area contributed by atoms with Crippen LogP contribution in [0, 0.1) is 0 Å². The summed E-state index contributed by atoms with van der Waals surface area (Å²) < 4.78 is 0. The first-order valence-electron chi connectivity index (χ1n) is 4.43. The molecular formula is C11H9N3O. The van der Waals surface area contributed by atoms with Gasteiger partial charge in [0.25, 0.3) is 0 Å². The Kier molecular flexibility index (Phi) is 2.41. The number of rotatable bonds is 2. The van der Waals surface area contributed by atoms with E-state index in [4.69, 9.17) is 5.73 Å². The fraction of sp³-hybridized carbons (Fsp3) is 0. The summed E-state index contributed by atoms with van der Waals surface area (Å²) in [4.78, 5) is 19.6. The normalized spacial score (nSPS) is 9.87. The molecule has 0 aliphatic carbocycles. The van der Waals surface area contributed by atoms with Crippen molar-refractivity contribution in [2.45, 2.75) is 0 Å². The van der Waals surface area contributed by atoms with Gasteiger partial charge in [-0.3, -0.25) is 14.8 Å². The minimum absolute atomic E-state index is 0.136. The van der Waals surface area contributed by atoms with Gasteiger partial charge in [0.15, 0.2) is 5.78 Å². The highest BCUT2D eigenvalue weighted by molar-refractivity contribution is 6.11. The fourth-order valence-electron chi connectivity index (χ4n) is 1.27. The lowest BCUT2D eigenvalue weighted by Crippen LogP contribution is -2.05. The van der Waals surface area contributed by atoms with E-state index >= 15 is 0 Å². The standard InChI is InChI=1S/C11H9N3O/c12-10-7-14-5-3-9(10)11(15)8-2-1-4-13-6-8/h1-7H,12H2. The molecule has 0 aliphatic heterocycles. The number of nitrogen functional groups attached to an aromatic ring is 1. The topological polar surface area (TPSA) is 68.9 Å². The van der Waals surface area contributed by atoms with Crippen molar-refractivity contribution in [2.75, 3.05) is 5.73 Å². The molecular weight excluding hydrogens is 190 g/mol. The maximum Gasteiger partial charge on any atom is 0.196 e. The number of nitrogens with zero attached hydrogens (tertiary/aromatic N) is 2. The van der Waals surface area contributed by atoms with Crippen LogP contribution in [0.4, 0.5) is 5.69 Å². The molecule has 0 aromatic carbocycles. The second kappa shape index (κ2) is 3.88. The average molecular weight is 199 g/mol. The fourth-order valence-corrected chi connectivity index (χ4v) is 1.27. The van der Waals surface area contributed by atoms with Crippen molar-refractivity contribution in [3.63, 3.8) is 0 Å². The number of pyridine rings is 2. The summed E-state index contributed by atoms with van der Waals surface area (Å²) >= 11 is 0. The van der Waals surface area contributed by atoms with E-state index in [9.17, 15) is 4.79 Å². The first-order valence-corrected chi connectivity index (χ1v) is 4.43. The van der Waals surface area contributed by atoms with E-state index in [1.807, 2.05) is 0 Å². The molecule has 0 fully saturated rings. The molecule has 0 amide bonds. The highest BCUT2D eigenvalue weighted by Crippen LogP contribution is 2.13. The largest absolute Gasteiger partial charge is 0.397 e. The predicted molar refractivity (Wildman–Crippen MR) is 56.3 cm³/mol. The maximum atomic E-state index is 11.9. The Bertz CT molecular complexity index is 482. The summed E-state index contributed by atoms with van der Waals surface area (Å²) in [5.74, 6) is -0.136. The Morgan fingerprint density at radius 3 is 2.60 bits per heavy atom. The number of hydrogen-bond donors (Lipinski definition) is 1. The third-order valence-electron chi connectivity index (χ3n) is 2.02. The van der Waals surface area contributed by atoms with Crippen LogP contribution in [0.3, 0.4) is 0 Å². The lowest BCUT2D eigenvalue weighted by molar-refractivity contribution is 0.103. The van der Waals surface area contributed by atoms with Crippen molar-refractivity contribution in [2.24, 2.45) is 0 Å². The van der Waals surface area contributed by atoms with Gasteiger partial charge in [-0.25, -0.2) is 0 Å². The molecule has 2 aromatic heterocycles. The van der Waals surface area contributed by atoms with Crippen LogP contribution in [0.25, 0.3) is 0 Å². The summed E-state index contributed by atoms with van der Waals surface area (Å²) in [5, 5.41) is 0. The Morgan fingerprint density at radius 2 is 1.93 bits per heavy atom. The third kappa shape index (κ3) is 1.83. The number of carbonyl (C=O) groups is 1. The second-order valence-electron chi connectivity index (χ2n) is 3.03. The van der Waals surface area contributed by atoms with Gasteiger partial charge in [-0.05, 0) is 18.2 Å². The van der Waals surface area contributed by atoms with E-state index in [0.717, 1.165) is 0 Å². The number of nitrogens with two attached hydrogens (primary N) is 1. The van der Waals surface area contributed by atoms with Gasteiger partial charge in [0.2, 0.25) is 0 Å². The highest BCUT2D eigenvalue weighted by atomic mass is 16.1. The van der Waals surface area contributed by atoms with E-state index in [1.165, 1.54) is 12.4 Å². The van der Waals surface area contributed by atoms with Gasteiger partial charge in [0, 0.05) is 29.7 Å². The predicted octanol–water partition coefficient (Wildman–Crippen LogP) is 1.29. The van der Waals surface area contributed by atoms with Crippen LogP contribution in [-0.4, -0.2) is 15.8 Å². The van der Waals surface area contributed by atoms with Gasteiger partial charge in [0.05, 0.1) is 11.9 Å². The zero-order valence-corrected chi connectivity index (χ0v) is 7.92. The minimum Gasteiger partial charge on any atom is -0.397 e. The Morgan fingerprint density at radius 1 is 1.13 bits per heavy atom. The number of ketones is 1. The SMILES string of the molecule is Nc1cnccc1C(=O)c1cccnc1. The van der Waals surface area contributed by atoms with Crippen LogP contribution in [-0.2, 0) is 0 Å². The van der Waals surface area contributed by atoms with Crippen molar-refractivity contribution < 1.29 is 4.79 Å². The van der Waals surface area contributed by atoms with Crippen molar-refractivity contribution in [1.29, 1.82) is 0 Å². The molecule has 0 atom stereocenters. The van der Waals surface area contributed by atoms with E-state index in [2.05, 4.69) is 9.97 Å². The zero-order chi connectivity index (χ0) is 10.7. The molecule has 15 heavy (non-hydrogen) atoms. The summed E-state index contributed by atoms with van der Waals surface area (Å²) in [6, 6.07) is 5.02. The zero-order valence-electron chi connectivity index (χ0n) is 7.92. The minimum atomic E-state index is -0.136. The molecule has 0 unspecified atom stereocenters. The smallest absolute Gasteiger partial charge is 0.196 e. The molecule has 2 rings (SSSR count). The third-order valence-corrected chi connectivity index (χ3v) is 2.02. The molecule has 2 aromatic rings. The van der Waals surface area contributed by atoms with Gasteiger partial charge in [-0.15, -0.1) is 0 Å². The number of aromatic nitrogens is 2. The Labute approximate surface area is 86.8 Å². The molecule has 0 saturated carbocycles. The molecule has 4 nitrogen and oxygen atoms in total. The molecule has 2 N–H and O–H groups in total. The van der Waals surface area contributed by atoms with Gasteiger partial charge in [-0.1, -0.05) is 0 Å². The van der Waals surface area contributed by atoms with Gasteiger partial charge < -0.3 is 5.73 Å². The van der Waals surface area contributed by atoms with E-state index in [0.29, 0.717) is 16.8 Å². The van der Waals surface area contributed by atoms with Gasteiger partial charge in [0.1, 0.15) is 0 Å². The van der Waals surface area contributed by atoms with Gasteiger partial charge >= 0.3 is 0 Å². The summed E-state index contributed by atoms with van der Waals surface area (Å²) in [6.07, 6.45) is 6.14. The van der Waals surface area contributed by atoms with Crippen molar-refractivity contribution in [3.8, 4) is 0 Å². The lowest BCUT2D eigenvalue weighted by Gasteiger charge is -2.02. The van der Waals surface area contributed by atoms with Crippen LogP contribution < -0.4 is 5.73 Å². The molecule has 0 bridgehead atoms. The number of hydrogen-bond acceptors (Lipinski definition) is 4. The second-order valence-corrected chi connectivity index (χ2v) is 3.03. The van der Waals surface area contributed by atoms with E-state index in [-0.39, 0.29) is 5.78 Å². The quantitative estimate of drug-likeness (QED) is 0.740. The molecule has 74 valence electrons. The monoisotopic (exact) mass is 199 g/mol. The first-order chi connectivity index (χ1) is 7.29. The summed E-state index contributed by atoms with van der Waals surface area (Å²) in [6.45, 7) is 0. The van der Waals surface area contributed by atoms with Crippen LogP contribution in [0.1, 0.15) is 15.9 Å². The van der Waals surface area contributed by atoms with Gasteiger partial charge in [-0.2, -0.15) is 0 Å². The Balaban J connectivity index is 2.42. The van der Waals surface area contributed by atoms with E-state index in [1.54, 1.807) is 30.6 Å². The molecule has 0 aliphatic rings. The van der Waals surface area contributed by atoms with Crippen LogP contribution in [0.15, 0.2) is 43.0 Å². The number of anilines is 1. The van der Waals surface area contributed by atoms with Crippen molar-refractivity contribution in [3.05, 3.63) is 54.1 Å². The van der Waals surface area contributed by atoms with Crippen LogP contribution >= 0.6 is 0 Å². The lowest BCUT2D eigenvalue weighted by atomic mass is 10.1. The first kappa shape index (κ1) is 9.33. The summed E-state index contributed by atoms with van der Waals surface area (Å²) in [7, 11) is 0. The molecule has 2 heterocycles. The molecule has 0 radical (unpaired) electrons. The molecule has 4 heteroatoms. The average Bonchev–Trinajstić information content (AvgIpc) is 2.30. The summed E-state index contributed by atoms with van der Waals surface area (Å²) in [5.41, 5.74) is 7.02. The van der Waals surface area contributed by atoms with Crippen LogP contribution in [0.5, 0.6) is 0 Å². The number of carbonyl (C=O) groups excluding carboxylic acids is 1. The maximum absolute atomic E-state index is 11.9. The van der Waals surface area contributed by atoms with Crippen LogP contribution in [0.2, 0.25) is 0 Å². The highest BCUT2D eigenvalue weighted by Gasteiger charge is 2.11. The molecule has 0 spiro atoms. The van der Waals surface area contributed by atoms with Crippen molar-refractivity contribution in [1.82, 2.24) is 9.97 Å². The van der Waals surface area contributed by atoms with E-state index < -0.39 is 0 Å². The molecule has 0 saturated heterocycles.